The molecule has 5 unspecified atom stereocenters. The summed E-state index contributed by atoms with van der Waals surface area (Å²) in [6.07, 6.45) is 6.62. The number of hydrogen-bond acceptors (Lipinski definition) is 7. The van der Waals surface area contributed by atoms with Crippen molar-refractivity contribution in [2.75, 3.05) is 13.2 Å². The van der Waals surface area contributed by atoms with Gasteiger partial charge in [0.1, 0.15) is 12.7 Å². The van der Waals surface area contributed by atoms with E-state index in [2.05, 4.69) is 31.7 Å². The highest BCUT2D eigenvalue weighted by molar-refractivity contribution is 5.24. The summed E-state index contributed by atoms with van der Waals surface area (Å²) in [5.74, 6) is -0.301. The van der Waals surface area contributed by atoms with Crippen molar-refractivity contribution in [1.82, 2.24) is 0 Å². The molecule has 2 aliphatic carbocycles. The average molecular weight is 399 g/mol. The van der Waals surface area contributed by atoms with Gasteiger partial charge < -0.3 is 15.4 Å². The molecule has 28 heavy (non-hydrogen) atoms. The standard InChI is InChI=1S/C19H33N3O6/c1-5-15(16(28-22(25)26)10-27-21(23)24)18(4)8-14-7-17(3,6-2)11-19(9-14,12-18)13-20/h8,15-16H,5-7,9-13,20H2,1-4H3. The second kappa shape index (κ2) is 8.23. The molecular weight excluding hydrogens is 366 g/mol. The summed E-state index contributed by atoms with van der Waals surface area (Å²) in [6, 6.07) is 0. The number of hydrogen-bond donors (Lipinski definition) is 1. The zero-order valence-electron chi connectivity index (χ0n) is 17.3. The van der Waals surface area contributed by atoms with Crippen molar-refractivity contribution < 1.29 is 19.8 Å². The third-order valence-electron chi connectivity index (χ3n) is 6.94. The van der Waals surface area contributed by atoms with E-state index in [1.54, 1.807) is 0 Å². The Kier molecular flexibility index (Phi) is 6.58. The second-order valence-electron chi connectivity index (χ2n) is 9.29. The lowest BCUT2D eigenvalue weighted by atomic mass is 9.50. The molecule has 0 aliphatic heterocycles. The van der Waals surface area contributed by atoms with Gasteiger partial charge in [0.05, 0.1) is 0 Å². The molecule has 9 nitrogen and oxygen atoms in total. The minimum Gasteiger partial charge on any atom is -0.330 e. The fourth-order valence-corrected chi connectivity index (χ4v) is 6.00. The molecule has 0 amide bonds. The Labute approximate surface area is 165 Å². The van der Waals surface area contributed by atoms with E-state index in [-0.39, 0.29) is 16.7 Å². The van der Waals surface area contributed by atoms with Crippen molar-refractivity contribution in [2.24, 2.45) is 27.9 Å². The minimum absolute atomic E-state index is 0.0572. The van der Waals surface area contributed by atoms with Crippen molar-refractivity contribution in [1.29, 1.82) is 0 Å². The molecule has 5 atom stereocenters. The first-order chi connectivity index (χ1) is 13.0. The molecule has 2 aliphatic rings. The highest BCUT2D eigenvalue weighted by Crippen LogP contribution is 2.60. The quantitative estimate of drug-likeness (QED) is 0.337. The minimum atomic E-state index is -1.02. The monoisotopic (exact) mass is 399 g/mol. The second-order valence-corrected chi connectivity index (χ2v) is 9.29. The summed E-state index contributed by atoms with van der Waals surface area (Å²) in [5.41, 5.74) is 7.34. The molecule has 0 aromatic rings. The van der Waals surface area contributed by atoms with Crippen molar-refractivity contribution in [3.05, 3.63) is 31.9 Å². The van der Waals surface area contributed by atoms with E-state index in [0.29, 0.717) is 13.0 Å². The van der Waals surface area contributed by atoms with Gasteiger partial charge in [-0.3, -0.25) is 0 Å². The van der Waals surface area contributed by atoms with E-state index in [1.165, 1.54) is 5.57 Å². The largest absolute Gasteiger partial charge is 0.330 e. The molecule has 2 rings (SSSR count). The number of nitrogens with zero attached hydrogens (tertiary/aromatic N) is 2. The molecule has 0 radical (unpaired) electrons. The number of allylic oxidation sites excluding steroid dienone is 2. The van der Waals surface area contributed by atoms with Crippen LogP contribution in [-0.2, 0) is 9.68 Å². The molecule has 2 bridgehead atoms. The van der Waals surface area contributed by atoms with Gasteiger partial charge in [0.15, 0.2) is 0 Å². The predicted molar refractivity (Wildman–Crippen MR) is 103 cm³/mol. The normalized spacial score (nSPS) is 34.1. The molecule has 9 heteroatoms. The maximum absolute atomic E-state index is 11.0. The molecule has 1 saturated carbocycles. The van der Waals surface area contributed by atoms with E-state index >= 15 is 0 Å². The summed E-state index contributed by atoms with van der Waals surface area (Å²) < 4.78 is 0. The van der Waals surface area contributed by atoms with Gasteiger partial charge in [0.2, 0.25) is 0 Å². The summed E-state index contributed by atoms with van der Waals surface area (Å²) in [6.45, 7) is 8.59. The Balaban J connectivity index is 2.39. The molecular formula is C19H33N3O6. The Morgan fingerprint density at radius 3 is 2.36 bits per heavy atom. The molecule has 0 saturated heterocycles. The first-order valence-corrected chi connectivity index (χ1v) is 9.99. The molecule has 1 fully saturated rings. The first kappa shape index (κ1) is 22.4. The third kappa shape index (κ3) is 4.74. The zero-order chi connectivity index (χ0) is 21.2. The van der Waals surface area contributed by atoms with Gasteiger partial charge in [0, 0.05) is 0 Å². The van der Waals surface area contributed by atoms with Gasteiger partial charge in [-0.05, 0) is 54.4 Å². The highest BCUT2D eigenvalue weighted by atomic mass is 17.0. The highest BCUT2D eigenvalue weighted by Gasteiger charge is 2.52. The predicted octanol–water partition coefficient (Wildman–Crippen LogP) is 3.68. The SMILES string of the molecule is CCC(C(CO[N+](=O)[O-])O[N+](=O)[O-])C1(C)C=C2CC(C)(CC)CC(CN)(C2)C1. The van der Waals surface area contributed by atoms with E-state index in [4.69, 9.17) is 10.6 Å². The van der Waals surface area contributed by atoms with E-state index in [9.17, 15) is 20.2 Å². The summed E-state index contributed by atoms with van der Waals surface area (Å²) in [5, 5.41) is 19.8. The summed E-state index contributed by atoms with van der Waals surface area (Å²) >= 11 is 0. The Morgan fingerprint density at radius 2 is 1.86 bits per heavy atom. The van der Waals surface area contributed by atoms with Gasteiger partial charge in [-0.2, -0.15) is 0 Å². The van der Waals surface area contributed by atoms with Crippen LogP contribution in [0.3, 0.4) is 0 Å². The van der Waals surface area contributed by atoms with Crippen LogP contribution in [0.4, 0.5) is 0 Å². The van der Waals surface area contributed by atoms with Gasteiger partial charge >= 0.3 is 0 Å². The zero-order valence-corrected chi connectivity index (χ0v) is 17.3. The topological polar surface area (TPSA) is 131 Å². The molecule has 0 aromatic carbocycles. The van der Waals surface area contributed by atoms with Crippen LogP contribution >= 0.6 is 0 Å². The lowest BCUT2D eigenvalue weighted by Gasteiger charge is -2.56. The summed E-state index contributed by atoms with van der Waals surface area (Å²) in [4.78, 5) is 31.0. The third-order valence-corrected chi connectivity index (χ3v) is 6.94. The maximum atomic E-state index is 11.0. The van der Waals surface area contributed by atoms with Crippen LogP contribution in [0.5, 0.6) is 0 Å². The van der Waals surface area contributed by atoms with Crippen LogP contribution in [-0.4, -0.2) is 29.4 Å². The molecule has 2 N–H and O–H groups in total. The van der Waals surface area contributed by atoms with Gasteiger partial charge in [-0.15, -0.1) is 20.2 Å². The molecule has 0 heterocycles. The van der Waals surface area contributed by atoms with Crippen LogP contribution < -0.4 is 5.73 Å². The Morgan fingerprint density at radius 1 is 1.18 bits per heavy atom. The fourth-order valence-electron chi connectivity index (χ4n) is 6.00. The summed E-state index contributed by atoms with van der Waals surface area (Å²) in [7, 11) is 0. The van der Waals surface area contributed by atoms with Gasteiger partial charge in [-0.1, -0.05) is 52.2 Å². The van der Waals surface area contributed by atoms with Crippen LogP contribution in [0.15, 0.2) is 11.6 Å². The Hall–Kier alpha value is -1.90. The van der Waals surface area contributed by atoms with Gasteiger partial charge in [0.25, 0.3) is 10.2 Å². The molecule has 0 spiro atoms. The number of fused-ring (bicyclic) bond motifs is 2. The molecule has 0 aromatic heterocycles. The van der Waals surface area contributed by atoms with Crippen LogP contribution in [0.2, 0.25) is 0 Å². The molecule has 160 valence electrons. The maximum Gasteiger partial charge on any atom is 0.294 e. The number of rotatable bonds is 10. The smallest absolute Gasteiger partial charge is 0.294 e. The van der Waals surface area contributed by atoms with E-state index in [0.717, 1.165) is 32.1 Å². The van der Waals surface area contributed by atoms with Crippen LogP contribution in [0.1, 0.15) is 66.2 Å². The van der Waals surface area contributed by atoms with Crippen molar-refractivity contribution in [2.45, 2.75) is 72.3 Å². The van der Waals surface area contributed by atoms with E-state index < -0.39 is 28.3 Å². The van der Waals surface area contributed by atoms with Crippen LogP contribution in [0.25, 0.3) is 0 Å². The number of nitrogens with two attached hydrogens (primary N) is 1. The lowest BCUT2D eigenvalue weighted by Crippen LogP contribution is -2.50. The Bertz CT molecular complexity index is 641. The van der Waals surface area contributed by atoms with Crippen LogP contribution in [0, 0.1) is 42.4 Å². The van der Waals surface area contributed by atoms with Crippen molar-refractivity contribution >= 4 is 0 Å². The fraction of sp³-hybridized carbons (Fsp3) is 0.895. The lowest BCUT2D eigenvalue weighted by molar-refractivity contribution is -0.792. The van der Waals surface area contributed by atoms with Crippen molar-refractivity contribution in [3.63, 3.8) is 0 Å². The van der Waals surface area contributed by atoms with Gasteiger partial charge in [-0.25, -0.2) is 0 Å². The average Bonchev–Trinajstić information content (AvgIpc) is 2.58. The van der Waals surface area contributed by atoms with E-state index in [1.807, 2.05) is 6.92 Å². The van der Waals surface area contributed by atoms with Crippen molar-refractivity contribution in [3.8, 4) is 0 Å². The first-order valence-electron chi connectivity index (χ1n) is 9.99.